The van der Waals surface area contributed by atoms with Crippen LogP contribution >= 0.6 is 0 Å². The smallest absolute Gasteiger partial charge is 0.220 e. The summed E-state index contributed by atoms with van der Waals surface area (Å²) in [6.07, 6.45) is 51.1. The van der Waals surface area contributed by atoms with Gasteiger partial charge in [0.05, 0.1) is 25.4 Å². The van der Waals surface area contributed by atoms with Crippen LogP contribution in [-0.4, -0.2) is 87.5 Å². The van der Waals surface area contributed by atoms with Crippen molar-refractivity contribution in [3.63, 3.8) is 0 Å². The van der Waals surface area contributed by atoms with Crippen molar-refractivity contribution in [1.82, 2.24) is 5.32 Å². The fraction of sp³-hybridized carbons (Fsp3) is 0.911. The minimum absolute atomic E-state index is 0.173. The first-order chi connectivity index (χ1) is 31.8. The largest absolute Gasteiger partial charge is 0.394 e. The minimum Gasteiger partial charge on any atom is -0.394 e. The third kappa shape index (κ3) is 36.3. The van der Waals surface area contributed by atoms with Gasteiger partial charge in [-0.05, 0) is 44.9 Å². The Balaban J connectivity index is 2.15. The first kappa shape index (κ1) is 61.7. The third-order valence-electron chi connectivity index (χ3n) is 13.5. The van der Waals surface area contributed by atoms with Crippen LogP contribution in [0.2, 0.25) is 0 Å². The number of hydrogen-bond acceptors (Lipinski definition) is 8. The quantitative estimate of drug-likeness (QED) is 0.0261. The molecule has 1 fully saturated rings. The summed E-state index contributed by atoms with van der Waals surface area (Å²) in [7, 11) is 0. The second-order valence-electron chi connectivity index (χ2n) is 19.7. The zero-order chi connectivity index (χ0) is 47.3. The van der Waals surface area contributed by atoms with Crippen LogP contribution in [-0.2, 0) is 14.3 Å². The predicted molar refractivity (Wildman–Crippen MR) is 272 cm³/mol. The van der Waals surface area contributed by atoms with Gasteiger partial charge in [0.1, 0.15) is 24.4 Å². The van der Waals surface area contributed by atoms with Crippen LogP contribution in [0, 0.1) is 0 Å². The summed E-state index contributed by atoms with van der Waals surface area (Å²) in [5.74, 6) is -0.173. The van der Waals surface area contributed by atoms with Crippen LogP contribution in [0.4, 0.5) is 0 Å². The number of carbonyl (C=O) groups is 1. The Morgan fingerprint density at radius 1 is 0.508 bits per heavy atom. The Morgan fingerprint density at radius 2 is 0.862 bits per heavy atom. The topological polar surface area (TPSA) is 149 Å². The number of aliphatic hydroxyl groups excluding tert-OH is 5. The molecule has 0 aromatic heterocycles. The highest BCUT2D eigenvalue weighted by atomic mass is 16.7. The van der Waals surface area contributed by atoms with Crippen molar-refractivity contribution in [3.05, 3.63) is 24.3 Å². The van der Waals surface area contributed by atoms with Crippen molar-refractivity contribution in [2.45, 2.75) is 314 Å². The molecule has 0 aromatic rings. The maximum absolute atomic E-state index is 13.0. The molecule has 9 heteroatoms. The van der Waals surface area contributed by atoms with Gasteiger partial charge in [0.15, 0.2) is 6.29 Å². The number of hydrogen-bond donors (Lipinski definition) is 6. The maximum Gasteiger partial charge on any atom is 0.220 e. The molecule has 384 valence electrons. The lowest BCUT2D eigenvalue weighted by Gasteiger charge is -2.40. The molecule has 7 atom stereocenters. The van der Waals surface area contributed by atoms with Gasteiger partial charge < -0.3 is 40.3 Å². The number of amides is 1. The molecule has 1 rings (SSSR count). The van der Waals surface area contributed by atoms with Gasteiger partial charge in [-0.15, -0.1) is 0 Å². The van der Waals surface area contributed by atoms with E-state index in [2.05, 4.69) is 31.3 Å². The summed E-state index contributed by atoms with van der Waals surface area (Å²) in [4.78, 5) is 13.0. The van der Waals surface area contributed by atoms with Gasteiger partial charge in [-0.2, -0.15) is 0 Å². The SMILES string of the molecule is CCCCCCCCCC/C=C\CCCCCCCCCCCCCCCCCCCC(=O)NC(COC1OC(CO)C(O)C(O)C1O)C(O)/C=C/CCCCCCCCCCCCC. The second-order valence-corrected chi connectivity index (χ2v) is 19.7. The Labute approximate surface area is 400 Å². The van der Waals surface area contributed by atoms with E-state index in [0.717, 1.165) is 38.5 Å². The van der Waals surface area contributed by atoms with Crippen LogP contribution in [0.3, 0.4) is 0 Å². The van der Waals surface area contributed by atoms with Crippen LogP contribution in [0.1, 0.15) is 271 Å². The molecule has 0 bridgehead atoms. The zero-order valence-corrected chi connectivity index (χ0v) is 42.5. The van der Waals surface area contributed by atoms with E-state index in [-0.39, 0.29) is 12.5 Å². The first-order valence-corrected chi connectivity index (χ1v) is 28.1. The molecule has 1 saturated heterocycles. The molecule has 7 unspecified atom stereocenters. The maximum atomic E-state index is 13.0. The number of rotatable bonds is 48. The van der Waals surface area contributed by atoms with Gasteiger partial charge >= 0.3 is 0 Å². The molecular weight excluding hydrogens is 815 g/mol. The summed E-state index contributed by atoms with van der Waals surface area (Å²) in [5, 5.41) is 54.4. The van der Waals surface area contributed by atoms with E-state index in [0.29, 0.717) is 6.42 Å². The Morgan fingerprint density at radius 3 is 1.25 bits per heavy atom. The Bertz CT molecular complexity index is 1070. The number of carbonyl (C=O) groups excluding carboxylic acids is 1. The van der Waals surface area contributed by atoms with Gasteiger partial charge in [0.25, 0.3) is 0 Å². The molecule has 9 nitrogen and oxygen atoms in total. The van der Waals surface area contributed by atoms with Crippen molar-refractivity contribution in [3.8, 4) is 0 Å². The fourth-order valence-electron chi connectivity index (χ4n) is 9.04. The third-order valence-corrected chi connectivity index (χ3v) is 13.5. The van der Waals surface area contributed by atoms with E-state index in [1.165, 1.54) is 212 Å². The van der Waals surface area contributed by atoms with Crippen LogP contribution in [0.15, 0.2) is 24.3 Å². The summed E-state index contributed by atoms with van der Waals surface area (Å²) in [6, 6.07) is -0.801. The van der Waals surface area contributed by atoms with Gasteiger partial charge in [-0.1, -0.05) is 244 Å². The molecule has 0 saturated carbocycles. The van der Waals surface area contributed by atoms with E-state index in [1.807, 2.05) is 6.08 Å². The predicted octanol–water partition coefficient (Wildman–Crippen LogP) is 13.4. The molecule has 0 aromatic carbocycles. The van der Waals surface area contributed by atoms with Crippen LogP contribution in [0.5, 0.6) is 0 Å². The van der Waals surface area contributed by atoms with Crippen molar-refractivity contribution >= 4 is 5.91 Å². The monoisotopic (exact) mass is 922 g/mol. The zero-order valence-electron chi connectivity index (χ0n) is 42.5. The molecule has 0 aliphatic carbocycles. The summed E-state index contributed by atoms with van der Waals surface area (Å²) in [5.41, 5.74) is 0. The van der Waals surface area contributed by atoms with E-state index in [9.17, 15) is 30.3 Å². The van der Waals surface area contributed by atoms with Gasteiger partial charge in [-0.3, -0.25) is 4.79 Å². The molecule has 0 radical (unpaired) electrons. The van der Waals surface area contributed by atoms with Gasteiger partial charge in [0, 0.05) is 6.42 Å². The van der Waals surface area contributed by atoms with E-state index in [1.54, 1.807) is 6.08 Å². The Kier molecular flexibility index (Phi) is 44.0. The normalized spacial score (nSPS) is 20.0. The highest BCUT2D eigenvalue weighted by Crippen LogP contribution is 2.23. The van der Waals surface area contributed by atoms with Crippen molar-refractivity contribution in [1.29, 1.82) is 0 Å². The van der Waals surface area contributed by atoms with Crippen LogP contribution < -0.4 is 5.32 Å². The molecule has 1 amide bonds. The first-order valence-electron chi connectivity index (χ1n) is 28.1. The van der Waals surface area contributed by atoms with Gasteiger partial charge in [0.2, 0.25) is 5.91 Å². The van der Waals surface area contributed by atoms with Crippen molar-refractivity contribution < 1.29 is 39.8 Å². The average molecular weight is 922 g/mol. The molecule has 1 aliphatic heterocycles. The highest BCUT2D eigenvalue weighted by Gasteiger charge is 2.44. The number of nitrogens with one attached hydrogen (secondary N) is 1. The summed E-state index contributed by atoms with van der Waals surface area (Å²) in [6.45, 7) is 3.79. The van der Waals surface area contributed by atoms with E-state index >= 15 is 0 Å². The Hall–Kier alpha value is -1.33. The molecule has 1 aliphatic rings. The average Bonchev–Trinajstić information content (AvgIpc) is 3.31. The van der Waals surface area contributed by atoms with E-state index in [4.69, 9.17) is 9.47 Å². The molecule has 1 heterocycles. The lowest BCUT2D eigenvalue weighted by molar-refractivity contribution is -0.302. The number of allylic oxidation sites excluding steroid dienone is 3. The van der Waals surface area contributed by atoms with Gasteiger partial charge in [-0.25, -0.2) is 0 Å². The highest BCUT2D eigenvalue weighted by molar-refractivity contribution is 5.76. The number of aliphatic hydroxyl groups is 5. The lowest BCUT2D eigenvalue weighted by Crippen LogP contribution is -2.60. The van der Waals surface area contributed by atoms with Crippen LogP contribution in [0.25, 0.3) is 0 Å². The lowest BCUT2D eigenvalue weighted by atomic mass is 9.99. The molecule has 6 N–H and O–H groups in total. The van der Waals surface area contributed by atoms with E-state index < -0.39 is 49.5 Å². The molecule has 65 heavy (non-hydrogen) atoms. The van der Waals surface area contributed by atoms with Crippen molar-refractivity contribution in [2.75, 3.05) is 13.2 Å². The summed E-state index contributed by atoms with van der Waals surface area (Å²) >= 11 is 0. The second kappa shape index (κ2) is 46.4. The standard InChI is InChI=1S/C56H107NO8/c1-3-5-7-9-11-13-15-17-18-19-20-21-22-23-24-25-26-27-28-29-30-31-32-34-36-38-40-42-44-46-52(60)57-49(48-64-56-55(63)54(62)53(61)51(47-58)65-56)50(59)45-43-41-39-37-35-33-16-14-12-10-8-6-4-2/h19-20,43,45,49-51,53-56,58-59,61-63H,3-18,21-42,44,46-48H2,1-2H3,(H,57,60)/b20-19-,45-43+. The number of unbranched alkanes of at least 4 members (excludes halogenated alkanes) is 36. The summed E-state index contributed by atoms with van der Waals surface area (Å²) < 4.78 is 11.2. The minimum atomic E-state index is -1.56. The molecular formula is C56H107NO8. The fourth-order valence-corrected chi connectivity index (χ4v) is 9.04. The number of ether oxygens (including phenoxy) is 2. The molecule has 0 spiro atoms. The van der Waals surface area contributed by atoms with Crippen molar-refractivity contribution in [2.24, 2.45) is 0 Å².